The van der Waals surface area contributed by atoms with E-state index in [1.54, 1.807) is 12.1 Å². The standard InChI is InChI=1S/C16H14N2O2/c1-11-5-4-8-14(18(19)20)15(11)16-13-7-3-2-6-12(13)9-10-17-16/h2-8H,9-10H2,1H3. The van der Waals surface area contributed by atoms with Crippen molar-refractivity contribution in [3.8, 4) is 0 Å². The summed E-state index contributed by atoms with van der Waals surface area (Å²) in [5.74, 6) is 0. The van der Waals surface area contributed by atoms with Crippen molar-refractivity contribution in [3.63, 3.8) is 0 Å². The second kappa shape index (κ2) is 4.89. The molecule has 1 aliphatic heterocycles. The molecule has 0 atom stereocenters. The fraction of sp³-hybridized carbons (Fsp3) is 0.188. The van der Waals surface area contributed by atoms with Gasteiger partial charge in [0.2, 0.25) is 0 Å². The predicted molar refractivity (Wildman–Crippen MR) is 78.5 cm³/mol. The molecule has 0 saturated carbocycles. The average molecular weight is 266 g/mol. The molecule has 0 saturated heterocycles. The summed E-state index contributed by atoms with van der Waals surface area (Å²) in [5.41, 5.74) is 4.61. The van der Waals surface area contributed by atoms with E-state index in [-0.39, 0.29) is 10.6 Å². The molecule has 0 aromatic heterocycles. The van der Waals surface area contributed by atoms with Crippen LogP contribution in [0.3, 0.4) is 0 Å². The van der Waals surface area contributed by atoms with Crippen molar-refractivity contribution in [2.45, 2.75) is 13.3 Å². The molecule has 4 heteroatoms. The molecule has 4 nitrogen and oxygen atoms in total. The molecule has 100 valence electrons. The van der Waals surface area contributed by atoms with Gasteiger partial charge in [-0.05, 0) is 24.5 Å². The van der Waals surface area contributed by atoms with E-state index in [9.17, 15) is 10.1 Å². The summed E-state index contributed by atoms with van der Waals surface area (Å²) < 4.78 is 0. The monoisotopic (exact) mass is 266 g/mol. The molecule has 3 rings (SSSR count). The lowest BCUT2D eigenvalue weighted by molar-refractivity contribution is -0.385. The van der Waals surface area contributed by atoms with Crippen molar-refractivity contribution in [3.05, 3.63) is 74.8 Å². The lowest BCUT2D eigenvalue weighted by atomic mass is 9.90. The molecule has 2 aromatic carbocycles. The van der Waals surface area contributed by atoms with Crippen LogP contribution in [-0.2, 0) is 6.42 Å². The molecule has 0 bridgehead atoms. The van der Waals surface area contributed by atoms with Gasteiger partial charge in [-0.1, -0.05) is 36.4 Å². The van der Waals surface area contributed by atoms with Crippen LogP contribution in [0.2, 0.25) is 0 Å². The maximum Gasteiger partial charge on any atom is 0.279 e. The van der Waals surface area contributed by atoms with E-state index in [1.165, 1.54) is 5.56 Å². The lowest BCUT2D eigenvalue weighted by Crippen LogP contribution is -2.16. The zero-order valence-corrected chi connectivity index (χ0v) is 11.2. The van der Waals surface area contributed by atoms with E-state index in [0.717, 1.165) is 23.3 Å². The molecule has 0 radical (unpaired) electrons. The van der Waals surface area contributed by atoms with Gasteiger partial charge in [-0.3, -0.25) is 15.1 Å². The topological polar surface area (TPSA) is 55.5 Å². The fourth-order valence-electron chi connectivity index (χ4n) is 2.67. The highest BCUT2D eigenvalue weighted by Crippen LogP contribution is 2.28. The van der Waals surface area contributed by atoms with E-state index < -0.39 is 0 Å². The van der Waals surface area contributed by atoms with Gasteiger partial charge < -0.3 is 0 Å². The number of nitro groups is 1. The highest BCUT2D eigenvalue weighted by atomic mass is 16.6. The van der Waals surface area contributed by atoms with Crippen LogP contribution in [0.25, 0.3) is 0 Å². The molecular formula is C16H14N2O2. The minimum absolute atomic E-state index is 0.125. The molecule has 0 amide bonds. The average Bonchev–Trinajstić information content (AvgIpc) is 2.46. The van der Waals surface area contributed by atoms with Crippen molar-refractivity contribution in [1.82, 2.24) is 0 Å². The van der Waals surface area contributed by atoms with Crippen LogP contribution in [0.4, 0.5) is 5.69 Å². The number of benzene rings is 2. The molecule has 20 heavy (non-hydrogen) atoms. The second-order valence-corrected chi connectivity index (χ2v) is 4.86. The maximum atomic E-state index is 11.3. The summed E-state index contributed by atoms with van der Waals surface area (Å²) in [6, 6.07) is 13.1. The molecule has 2 aromatic rings. The third-order valence-electron chi connectivity index (χ3n) is 3.61. The normalized spacial score (nSPS) is 13.6. The van der Waals surface area contributed by atoms with E-state index in [0.29, 0.717) is 12.1 Å². The second-order valence-electron chi connectivity index (χ2n) is 4.86. The Morgan fingerprint density at radius 2 is 1.95 bits per heavy atom. The maximum absolute atomic E-state index is 11.3. The van der Waals surface area contributed by atoms with Crippen LogP contribution in [0, 0.1) is 17.0 Å². The van der Waals surface area contributed by atoms with Crippen LogP contribution >= 0.6 is 0 Å². The van der Waals surface area contributed by atoms with Crippen molar-refractivity contribution in [2.24, 2.45) is 4.99 Å². The number of fused-ring (bicyclic) bond motifs is 1. The smallest absolute Gasteiger partial charge is 0.279 e. The molecule has 0 aliphatic carbocycles. The lowest BCUT2D eigenvalue weighted by Gasteiger charge is -2.18. The summed E-state index contributed by atoms with van der Waals surface area (Å²) in [4.78, 5) is 15.5. The highest BCUT2D eigenvalue weighted by Gasteiger charge is 2.24. The van der Waals surface area contributed by atoms with E-state index in [2.05, 4.69) is 11.1 Å². The van der Waals surface area contributed by atoms with Gasteiger partial charge in [0, 0.05) is 18.2 Å². The van der Waals surface area contributed by atoms with Crippen LogP contribution in [0.5, 0.6) is 0 Å². The Bertz CT molecular complexity index is 720. The minimum Gasteiger partial charge on any atom is -0.283 e. The van der Waals surface area contributed by atoms with Crippen LogP contribution in [0.15, 0.2) is 47.5 Å². The summed E-state index contributed by atoms with van der Waals surface area (Å²) in [6.45, 7) is 2.57. The predicted octanol–water partition coefficient (Wildman–Crippen LogP) is 3.30. The summed E-state index contributed by atoms with van der Waals surface area (Å²) in [6.07, 6.45) is 0.888. The first-order chi connectivity index (χ1) is 9.68. The zero-order chi connectivity index (χ0) is 14.1. The molecular weight excluding hydrogens is 252 g/mol. The van der Waals surface area contributed by atoms with Crippen LogP contribution < -0.4 is 0 Å². The molecule has 0 N–H and O–H groups in total. The summed E-state index contributed by atoms with van der Waals surface area (Å²) in [7, 11) is 0. The minimum atomic E-state index is -0.331. The molecule has 0 fully saturated rings. The molecule has 0 spiro atoms. The highest BCUT2D eigenvalue weighted by molar-refractivity contribution is 6.17. The Balaban J connectivity index is 2.25. The summed E-state index contributed by atoms with van der Waals surface area (Å²) in [5, 5.41) is 11.3. The van der Waals surface area contributed by atoms with Crippen molar-refractivity contribution in [1.29, 1.82) is 0 Å². The first-order valence-corrected chi connectivity index (χ1v) is 6.55. The van der Waals surface area contributed by atoms with Gasteiger partial charge in [-0.25, -0.2) is 0 Å². The van der Waals surface area contributed by atoms with Gasteiger partial charge >= 0.3 is 0 Å². The Labute approximate surface area is 116 Å². The quantitative estimate of drug-likeness (QED) is 0.618. The molecule has 1 aliphatic rings. The Morgan fingerprint density at radius 3 is 2.75 bits per heavy atom. The largest absolute Gasteiger partial charge is 0.283 e. The van der Waals surface area contributed by atoms with E-state index in [1.807, 2.05) is 31.2 Å². The van der Waals surface area contributed by atoms with Gasteiger partial charge in [-0.2, -0.15) is 0 Å². The number of aryl methyl sites for hydroxylation is 1. The summed E-state index contributed by atoms with van der Waals surface area (Å²) >= 11 is 0. The number of aliphatic imine (C=N–C) groups is 1. The van der Waals surface area contributed by atoms with Crippen LogP contribution in [0.1, 0.15) is 22.3 Å². The number of rotatable bonds is 2. The Hall–Kier alpha value is -2.49. The number of hydrogen-bond donors (Lipinski definition) is 0. The SMILES string of the molecule is Cc1cccc([N+](=O)[O-])c1C1=NCCc2ccccc21. The molecule has 0 unspecified atom stereocenters. The molecule has 1 heterocycles. The first-order valence-electron chi connectivity index (χ1n) is 6.55. The number of nitrogens with zero attached hydrogens (tertiary/aromatic N) is 2. The third-order valence-corrected chi connectivity index (χ3v) is 3.61. The number of nitro benzene ring substituents is 1. The Kier molecular flexibility index (Phi) is 3.06. The van der Waals surface area contributed by atoms with Gasteiger partial charge in [0.15, 0.2) is 0 Å². The van der Waals surface area contributed by atoms with Crippen molar-refractivity contribution in [2.75, 3.05) is 6.54 Å². The van der Waals surface area contributed by atoms with E-state index >= 15 is 0 Å². The van der Waals surface area contributed by atoms with Gasteiger partial charge in [0.05, 0.1) is 16.2 Å². The Morgan fingerprint density at radius 1 is 1.15 bits per heavy atom. The van der Waals surface area contributed by atoms with Crippen LogP contribution in [-0.4, -0.2) is 17.2 Å². The number of hydrogen-bond acceptors (Lipinski definition) is 3. The van der Waals surface area contributed by atoms with Gasteiger partial charge in [-0.15, -0.1) is 0 Å². The first kappa shape index (κ1) is 12.5. The van der Waals surface area contributed by atoms with Gasteiger partial charge in [0.1, 0.15) is 0 Å². The van der Waals surface area contributed by atoms with Crippen molar-refractivity contribution < 1.29 is 4.92 Å². The zero-order valence-electron chi connectivity index (χ0n) is 11.2. The fourth-order valence-corrected chi connectivity index (χ4v) is 2.67. The van der Waals surface area contributed by atoms with Gasteiger partial charge in [0.25, 0.3) is 5.69 Å². The third kappa shape index (κ3) is 1.99. The van der Waals surface area contributed by atoms with E-state index in [4.69, 9.17) is 0 Å². The van der Waals surface area contributed by atoms with Crippen molar-refractivity contribution >= 4 is 11.4 Å².